The molecule has 0 saturated heterocycles. The van der Waals surface area contributed by atoms with Crippen molar-refractivity contribution in [2.75, 3.05) is 19.4 Å². The molecule has 6 nitrogen and oxygen atoms in total. The molecule has 0 bridgehead atoms. The molecule has 0 spiro atoms. The number of benzene rings is 2. The van der Waals surface area contributed by atoms with Crippen LogP contribution >= 0.6 is 0 Å². The molecule has 1 unspecified atom stereocenters. The quantitative estimate of drug-likeness (QED) is 0.497. The zero-order valence-corrected chi connectivity index (χ0v) is 17.5. The number of methoxy groups -OCH3 is 1. The molecule has 0 radical (unpaired) electrons. The fourth-order valence-corrected chi connectivity index (χ4v) is 4.32. The van der Waals surface area contributed by atoms with Crippen LogP contribution < -0.4 is 15.4 Å². The van der Waals surface area contributed by atoms with Gasteiger partial charge >= 0.3 is 0 Å². The lowest BCUT2D eigenvalue weighted by Crippen LogP contribution is -2.46. The standard InChI is InChI=1S/C21H29N3O3S/c1-4-18(16-28(25,26)20-12-7-6-8-13-20)24-21(22-5-2)23-15-17-10-9-11-19(14-17)27-3/h6-14,18H,4-5,15-16H2,1-3H3,(H2,22,23,24). The van der Waals surface area contributed by atoms with Crippen molar-refractivity contribution in [1.82, 2.24) is 10.6 Å². The monoisotopic (exact) mass is 403 g/mol. The number of guanidine groups is 1. The Kier molecular flexibility index (Phi) is 8.32. The zero-order valence-electron chi connectivity index (χ0n) is 16.7. The van der Waals surface area contributed by atoms with Crippen molar-refractivity contribution in [2.45, 2.75) is 37.8 Å². The largest absolute Gasteiger partial charge is 0.497 e. The van der Waals surface area contributed by atoms with Crippen LogP contribution in [0.3, 0.4) is 0 Å². The third-order valence-electron chi connectivity index (χ3n) is 4.25. The van der Waals surface area contributed by atoms with Gasteiger partial charge in [-0.25, -0.2) is 13.4 Å². The minimum atomic E-state index is -3.37. The number of ether oxygens (including phenoxy) is 1. The Bertz CT molecular complexity index is 867. The van der Waals surface area contributed by atoms with Crippen LogP contribution in [-0.2, 0) is 16.4 Å². The minimum absolute atomic E-state index is 0.0110. The first-order valence-electron chi connectivity index (χ1n) is 9.44. The van der Waals surface area contributed by atoms with Crippen molar-refractivity contribution < 1.29 is 13.2 Å². The van der Waals surface area contributed by atoms with E-state index < -0.39 is 9.84 Å². The highest BCUT2D eigenvalue weighted by Gasteiger charge is 2.20. The van der Waals surface area contributed by atoms with E-state index >= 15 is 0 Å². The summed E-state index contributed by atoms with van der Waals surface area (Å²) in [5.74, 6) is 1.39. The lowest BCUT2D eigenvalue weighted by atomic mass is 10.2. The summed E-state index contributed by atoms with van der Waals surface area (Å²) < 4.78 is 30.6. The minimum Gasteiger partial charge on any atom is -0.497 e. The van der Waals surface area contributed by atoms with Gasteiger partial charge in [0.05, 0.1) is 24.3 Å². The second-order valence-corrected chi connectivity index (χ2v) is 8.42. The fraction of sp³-hybridized carbons (Fsp3) is 0.381. The van der Waals surface area contributed by atoms with E-state index in [4.69, 9.17) is 4.74 Å². The molecule has 2 aromatic rings. The van der Waals surface area contributed by atoms with Gasteiger partial charge in [0.25, 0.3) is 0 Å². The highest BCUT2D eigenvalue weighted by atomic mass is 32.2. The van der Waals surface area contributed by atoms with Crippen LogP contribution in [-0.4, -0.2) is 39.8 Å². The molecule has 0 heterocycles. The van der Waals surface area contributed by atoms with E-state index in [0.717, 1.165) is 11.3 Å². The van der Waals surface area contributed by atoms with E-state index in [0.29, 0.717) is 30.4 Å². The number of hydrogen-bond donors (Lipinski definition) is 2. The number of aliphatic imine (C=N–C) groups is 1. The molecule has 2 aromatic carbocycles. The first-order chi connectivity index (χ1) is 13.5. The Labute approximate surface area is 168 Å². The zero-order chi connectivity index (χ0) is 20.4. The van der Waals surface area contributed by atoms with E-state index in [1.165, 1.54) is 0 Å². The third kappa shape index (κ3) is 6.56. The summed E-state index contributed by atoms with van der Waals surface area (Å²) in [6.07, 6.45) is 0.662. The number of nitrogens with zero attached hydrogens (tertiary/aromatic N) is 1. The summed E-state index contributed by atoms with van der Waals surface area (Å²) in [5, 5.41) is 6.44. The van der Waals surface area contributed by atoms with Crippen molar-refractivity contribution >= 4 is 15.8 Å². The van der Waals surface area contributed by atoms with Crippen LogP contribution in [0.25, 0.3) is 0 Å². The Morgan fingerprint density at radius 3 is 2.50 bits per heavy atom. The Morgan fingerprint density at radius 1 is 1.11 bits per heavy atom. The highest BCUT2D eigenvalue weighted by Crippen LogP contribution is 2.14. The molecule has 0 fully saturated rings. The summed E-state index contributed by atoms with van der Waals surface area (Å²) in [5.41, 5.74) is 1.02. The second kappa shape index (κ2) is 10.7. The predicted molar refractivity (Wildman–Crippen MR) is 114 cm³/mol. The van der Waals surface area contributed by atoms with Crippen molar-refractivity contribution in [1.29, 1.82) is 0 Å². The molecule has 0 saturated carbocycles. The normalized spacial score (nSPS) is 13.0. The summed E-state index contributed by atoms with van der Waals surface area (Å²) >= 11 is 0. The molecule has 2 rings (SSSR count). The summed E-state index contributed by atoms with van der Waals surface area (Å²) in [7, 11) is -1.74. The molecule has 0 aliphatic carbocycles. The average Bonchev–Trinajstić information content (AvgIpc) is 2.72. The molecular weight excluding hydrogens is 374 g/mol. The third-order valence-corrected chi connectivity index (χ3v) is 6.09. The highest BCUT2D eigenvalue weighted by molar-refractivity contribution is 7.91. The molecule has 0 aromatic heterocycles. The van der Waals surface area contributed by atoms with Gasteiger partial charge in [-0.1, -0.05) is 37.3 Å². The Morgan fingerprint density at radius 2 is 1.86 bits per heavy atom. The predicted octanol–water partition coefficient (Wildman–Crippen LogP) is 3.00. The maximum atomic E-state index is 12.7. The van der Waals surface area contributed by atoms with Crippen LogP contribution in [0.4, 0.5) is 0 Å². The van der Waals surface area contributed by atoms with Gasteiger partial charge in [0.2, 0.25) is 0 Å². The summed E-state index contributed by atoms with van der Waals surface area (Å²) in [6.45, 7) is 5.09. The van der Waals surface area contributed by atoms with Gasteiger partial charge < -0.3 is 15.4 Å². The number of sulfone groups is 1. The lowest BCUT2D eigenvalue weighted by Gasteiger charge is -2.20. The number of rotatable bonds is 9. The van der Waals surface area contributed by atoms with Gasteiger partial charge in [-0.3, -0.25) is 0 Å². The Balaban J connectivity index is 2.09. The topological polar surface area (TPSA) is 79.8 Å². The maximum Gasteiger partial charge on any atom is 0.191 e. The molecule has 1 atom stereocenters. The smallest absolute Gasteiger partial charge is 0.191 e. The van der Waals surface area contributed by atoms with Crippen LogP contribution in [0, 0.1) is 0 Å². The van der Waals surface area contributed by atoms with Gasteiger partial charge in [-0.05, 0) is 43.2 Å². The van der Waals surface area contributed by atoms with Gasteiger partial charge in [0.15, 0.2) is 15.8 Å². The van der Waals surface area contributed by atoms with E-state index in [9.17, 15) is 8.42 Å². The van der Waals surface area contributed by atoms with Crippen molar-refractivity contribution in [3.05, 3.63) is 60.2 Å². The van der Waals surface area contributed by atoms with E-state index in [-0.39, 0.29) is 11.8 Å². The van der Waals surface area contributed by atoms with Crippen LogP contribution in [0.15, 0.2) is 64.5 Å². The van der Waals surface area contributed by atoms with Gasteiger partial charge in [0.1, 0.15) is 5.75 Å². The molecule has 0 aliphatic heterocycles. The maximum absolute atomic E-state index is 12.7. The van der Waals surface area contributed by atoms with Crippen LogP contribution in [0.5, 0.6) is 5.75 Å². The molecule has 0 amide bonds. The van der Waals surface area contributed by atoms with Crippen molar-refractivity contribution in [3.63, 3.8) is 0 Å². The lowest BCUT2D eigenvalue weighted by molar-refractivity contribution is 0.414. The van der Waals surface area contributed by atoms with E-state index in [1.807, 2.05) is 44.2 Å². The van der Waals surface area contributed by atoms with Crippen LogP contribution in [0.2, 0.25) is 0 Å². The van der Waals surface area contributed by atoms with E-state index in [2.05, 4.69) is 15.6 Å². The first kappa shape index (κ1) is 21.8. The number of hydrogen-bond acceptors (Lipinski definition) is 4. The molecular formula is C21H29N3O3S. The summed E-state index contributed by atoms with van der Waals surface area (Å²) in [4.78, 5) is 4.93. The second-order valence-electron chi connectivity index (χ2n) is 6.39. The van der Waals surface area contributed by atoms with Crippen molar-refractivity contribution in [3.8, 4) is 5.75 Å². The van der Waals surface area contributed by atoms with E-state index in [1.54, 1.807) is 31.4 Å². The molecule has 2 N–H and O–H groups in total. The van der Waals surface area contributed by atoms with Gasteiger partial charge in [-0.15, -0.1) is 0 Å². The van der Waals surface area contributed by atoms with Gasteiger partial charge in [0, 0.05) is 12.6 Å². The molecule has 7 heteroatoms. The SMILES string of the molecule is CCNC(=NCc1cccc(OC)c1)NC(CC)CS(=O)(=O)c1ccccc1. The first-order valence-corrected chi connectivity index (χ1v) is 11.1. The van der Waals surface area contributed by atoms with Crippen molar-refractivity contribution in [2.24, 2.45) is 4.99 Å². The van der Waals surface area contributed by atoms with Crippen LogP contribution in [0.1, 0.15) is 25.8 Å². The summed E-state index contributed by atoms with van der Waals surface area (Å²) in [6, 6.07) is 16.0. The molecule has 28 heavy (non-hydrogen) atoms. The average molecular weight is 404 g/mol. The fourth-order valence-electron chi connectivity index (χ4n) is 2.71. The molecule has 0 aliphatic rings. The number of nitrogens with one attached hydrogen (secondary N) is 2. The Hall–Kier alpha value is -2.54. The van der Waals surface area contributed by atoms with Gasteiger partial charge in [-0.2, -0.15) is 0 Å². The molecule has 152 valence electrons.